The molecule has 1 aromatic heterocycles. The van der Waals surface area contributed by atoms with Gasteiger partial charge in [-0.15, -0.1) is 0 Å². The maximum absolute atomic E-state index is 12.8. The Labute approximate surface area is 228 Å². The Balaban J connectivity index is 0.000000223. The van der Waals surface area contributed by atoms with Gasteiger partial charge in [-0.1, -0.05) is 24.3 Å². The van der Waals surface area contributed by atoms with Gasteiger partial charge in [0.05, 0.1) is 22.9 Å². The van der Waals surface area contributed by atoms with E-state index in [0.717, 1.165) is 43.6 Å². The zero-order valence-electron chi connectivity index (χ0n) is 21.6. The minimum Gasteiger partial charge on any atom is -0.344 e. The average Bonchev–Trinajstić information content (AvgIpc) is 3.54. The molecule has 9 nitrogen and oxygen atoms in total. The van der Waals surface area contributed by atoms with E-state index in [-0.39, 0.29) is 22.4 Å². The van der Waals surface area contributed by atoms with Gasteiger partial charge < -0.3 is 4.90 Å². The van der Waals surface area contributed by atoms with Crippen LogP contribution in [0.5, 0.6) is 0 Å². The van der Waals surface area contributed by atoms with Crippen molar-refractivity contribution in [3.05, 3.63) is 77.2 Å². The minimum absolute atomic E-state index is 0.0648. The summed E-state index contributed by atoms with van der Waals surface area (Å²) in [5, 5.41) is 3.43. The number of hydrogen-bond acceptors (Lipinski definition) is 7. The van der Waals surface area contributed by atoms with E-state index in [4.69, 9.17) is 0 Å². The number of nitrogens with one attached hydrogen (secondary N) is 2. The lowest BCUT2D eigenvalue weighted by Gasteiger charge is -2.23. The molecule has 2 aromatic carbocycles. The summed E-state index contributed by atoms with van der Waals surface area (Å²) in [5.74, 6) is 0.130. The van der Waals surface area contributed by atoms with Crippen LogP contribution in [0.2, 0.25) is 0 Å². The molecule has 0 bridgehead atoms. The van der Waals surface area contributed by atoms with Crippen molar-refractivity contribution < 1.29 is 31.2 Å². The van der Waals surface area contributed by atoms with Crippen LogP contribution in [0.4, 0.5) is 13.2 Å². The third kappa shape index (κ3) is 5.18. The lowest BCUT2D eigenvalue weighted by Crippen LogP contribution is -2.47. The Morgan fingerprint density at radius 3 is 2.35 bits per heavy atom. The van der Waals surface area contributed by atoms with Crippen molar-refractivity contribution in [3.8, 4) is 11.3 Å². The van der Waals surface area contributed by atoms with Gasteiger partial charge in [0.25, 0.3) is 15.9 Å². The van der Waals surface area contributed by atoms with Crippen molar-refractivity contribution in [1.29, 1.82) is 0 Å². The molecule has 2 amide bonds. The number of nitrogens with zero attached hydrogens (tertiary/aromatic N) is 3. The van der Waals surface area contributed by atoms with Gasteiger partial charge in [-0.2, -0.15) is 13.2 Å². The third-order valence-corrected chi connectivity index (χ3v) is 8.67. The van der Waals surface area contributed by atoms with Gasteiger partial charge >= 0.3 is 6.18 Å². The van der Waals surface area contributed by atoms with Crippen LogP contribution in [0.3, 0.4) is 0 Å². The first kappa shape index (κ1) is 27.7. The maximum Gasteiger partial charge on any atom is 0.416 e. The van der Waals surface area contributed by atoms with Gasteiger partial charge in [0.2, 0.25) is 5.91 Å². The Bertz CT molecular complexity index is 1590. The van der Waals surface area contributed by atoms with Gasteiger partial charge in [0.15, 0.2) is 0 Å². The lowest BCUT2D eigenvalue weighted by atomic mass is 9.96. The molecule has 2 fully saturated rings. The highest BCUT2D eigenvalue weighted by atomic mass is 32.2. The van der Waals surface area contributed by atoms with E-state index in [1.807, 2.05) is 11.6 Å². The molecular weight excluding hydrogens is 547 g/mol. The number of likely N-dealkylation sites (N-methyl/N-ethyl adjacent to an activating group) is 1. The first-order valence-corrected chi connectivity index (χ1v) is 14.0. The SMILES string of the molecule is Cc1cc(-c2ccc(C(F)(F)F)cc2)nc([C@H]2CC[C@@]3(CCN(C)C3=O)N2)n1.O=C1NS(=O)(=O)c2ccccc21. The van der Waals surface area contributed by atoms with Gasteiger partial charge in [0, 0.05) is 24.8 Å². The molecule has 0 saturated carbocycles. The van der Waals surface area contributed by atoms with Crippen LogP contribution in [-0.4, -0.2) is 54.2 Å². The fraction of sp³-hybridized carbons (Fsp3) is 0.333. The second kappa shape index (κ2) is 9.97. The zero-order chi connectivity index (χ0) is 28.9. The van der Waals surface area contributed by atoms with E-state index in [1.54, 1.807) is 30.1 Å². The Kier molecular flexibility index (Phi) is 6.91. The normalized spacial score (nSPS) is 23.1. The summed E-state index contributed by atoms with van der Waals surface area (Å²) >= 11 is 0. The molecule has 1 spiro atoms. The molecule has 40 heavy (non-hydrogen) atoms. The Morgan fingerprint density at radius 2 is 1.73 bits per heavy atom. The molecule has 0 aliphatic carbocycles. The number of carbonyl (C=O) groups is 2. The Morgan fingerprint density at radius 1 is 1.02 bits per heavy atom. The predicted molar refractivity (Wildman–Crippen MR) is 138 cm³/mol. The topological polar surface area (TPSA) is 121 Å². The van der Waals surface area contributed by atoms with Crippen LogP contribution in [0.25, 0.3) is 11.3 Å². The quantitative estimate of drug-likeness (QED) is 0.481. The predicted octanol–water partition coefficient (Wildman–Crippen LogP) is 3.61. The second-order valence-corrected chi connectivity index (χ2v) is 11.7. The molecular formula is C27H26F3N5O4S. The number of amides is 2. The van der Waals surface area contributed by atoms with Crippen molar-refractivity contribution in [2.45, 2.75) is 48.8 Å². The lowest BCUT2D eigenvalue weighted by molar-refractivity contribution is -0.137. The Hall–Kier alpha value is -3.84. The first-order chi connectivity index (χ1) is 18.8. The third-order valence-electron chi connectivity index (χ3n) is 7.28. The van der Waals surface area contributed by atoms with E-state index >= 15 is 0 Å². The number of hydrogen-bond donors (Lipinski definition) is 2. The molecule has 3 aromatic rings. The van der Waals surface area contributed by atoms with Crippen LogP contribution in [0.15, 0.2) is 59.5 Å². The van der Waals surface area contributed by atoms with Crippen LogP contribution in [-0.2, 0) is 21.0 Å². The molecule has 4 heterocycles. The standard InChI is InChI=1S/C20H21F3N4O.C7H5NO3S/c1-12-11-16(13-3-5-14(6-4-13)20(21,22)23)25-17(24-12)15-7-8-19(26-15)9-10-27(2)18(19)28;9-7-5-3-1-2-4-6(5)12(10,11)8-7/h3-6,11,15,26H,7-10H2,1-2H3;1-4H,(H,8,9)/t15-,19+;/m1./s1. The molecule has 0 radical (unpaired) electrons. The van der Waals surface area contributed by atoms with E-state index in [9.17, 15) is 31.2 Å². The molecule has 2 atom stereocenters. The average molecular weight is 574 g/mol. The molecule has 6 rings (SSSR count). The summed E-state index contributed by atoms with van der Waals surface area (Å²) in [7, 11) is -1.75. The van der Waals surface area contributed by atoms with Crippen molar-refractivity contribution in [2.75, 3.05) is 13.6 Å². The number of alkyl halides is 3. The largest absolute Gasteiger partial charge is 0.416 e. The van der Waals surface area contributed by atoms with Crippen LogP contribution >= 0.6 is 0 Å². The summed E-state index contributed by atoms with van der Waals surface area (Å²) in [6.07, 6.45) is -2.13. The van der Waals surface area contributed by atoms with Gasteiger partial charge in [-0.3, -0.25) is 14.9 Å². The number of carbonyl (C=O) groups excluding carboxylic acids is 2. The van der Waals surface area contributed by atoms with Gasteiger partial charge in [0.1, 0.15) is 16.3 Å². The monoisotopic (exact) mass is 573 g/mol. The number of sulfonamides is 1. The zero-order valence-corrected chi connectivity index (χ0v) is 22.4. The van der Waals surface area contributed by atoms with E-state index in [2.05, 4.69) is 15.3 Å². The van der Waals surface area contributed by atoms with E-state index in [0.29, 0.717) is 17.1 Å². The molecule has 13 heteroatoms. The molecule has 3 aliphatic rings. The summed E-state index contributed by atoms with van der Waals surface area (Å²) in [5.41, 5.74) is 0.902. The highest BCUT2D eigenvalue weighted by molar-refractivity contribution is 7.90. The summed E-state index contributed by atoms with van der Waals surface area (Å²) in [6.45, 7) is 2.56. The number of rotatable bonds is 2. The number of benzene rings is 2. The summed E-state index contributed by atoms with van der Waals surface area (Å²) < 4.78 is 62.5. The number of fused-ring (bicyclic) bond motifs is 1. The maximum atomic E-state index is 12.8. The van der Waals surface area contributed by atoms with Crippen LogP contribution < -0.4 is 10.0 Å². The van der Waals surface area contributed by atoms with Crippen LogP contribution in [0.1, 0.15) is 52.7 Å². The number of halogens is 3. The van der Waals surface area contributed by atoms with Crippen molar-refractivity contribution in [1.82, 2.24) is 24.9 Å². The molecule has 3 aliphatic heterocycles. The minimum atomic E-state index is -4.37. The molecule has 2 N–H and O–H groups in total. The van der Waals surface area contributed by atoms with Crippen molar-refractivity contribution in [3.63, 3.8) is 0 Å². The summed E-state index contributed by atoms with van der Waals surface area (Å²) in [6, 6.07) is 12.7. The van der Waals surface area contributed by atoms with Gasteiger partial charge in [-0.05, 0) is 56.5 Å². The van der Waals surface area contributed by atoms with Crippen molar-refractivity contribution in [2.24, 2.45) is 0 Å². The number of likely N-dealkylation sites (tertiary alicyclic amines) is 1. The number of aromatic nitrogens is 2. The molecule has 210 valence electrons. The highest BCUT2D eigenvalue weighted by Gasteiger charge is 2.50. The fourth-order valence-electron chi connectivity index (χ4n) is 5.21. The van der Waals surface area contributed by atoms with E-state index < -0.39 is 33.2 Å². The molecule has 2 saturated heterocycles. The summed E-state index contributed by atoms with van der Waals surface area (Å²) in [4.78, 5) is 34.4. The second-order valence-electron chi connectivity index (χ2n) is 10.1. The fourth-order valence-corrected chi connectivity index (χ4v) is 6.38. The first-order valence-electron chi connectivity index (χ1n) is 12.5. The van der Waals surface area contributed by atoms with E-state index in [1.165, 1.54) is 24.3 Å². The highest BCUT2D eigenvalue weighted by Crippen LogP contribution is 2.38. The molecule has 0 unspecified atom stereocenters. The van der Waals surface area contributed by atoms with Crippen LogP contribution in [0, 0.1) is 6.92 Å². The van der Waals surface area contributed by atoms with Crippen molar-refractivity contribution >= 4 is 21.8 Å². The van der Waals surface area contributed by atoms with Gasteiger partial charge in [-0.25, -0.2) is 23.1 Å². The smallest absolute Gasteiger partial charge is 0.344 e. The number of aryl methyl sites for hydroxylation is 1.